The fourth-order valence-corrected chi connectivity index (χ4v) is 3.43. The van der Waals surface area contributed by atoms with Crippen LogP contribution in [-0.2, 0) is 4.74 Å². The van der Waals surface area contributed by atoms with Crippen LogP contribution in [0.25, 0.3) is 0 Å². The lowest BCUT2D eigenvalue weighted by Gasteiger charge is -2.25. The van der Waals surface area contributed by atoms with E-state index in [-0.39, 0.29) is 0 Å². The van der Waals surface area contributed by atoms with Crippen LogP contribution in [0.2, 0.25) is 0 Å². The standard InChI is InChI=1S/C11H21NOS2/c1-3-14-11(15-4-2)5-6-12-7-9-13-10-8-12/h5H,3-4,6-10H2,1-2H3. The van der Waals surface area contributed by atoms with Crippen molar-refractivity contribution in [3.05, 3.63) is 10.3 Å². The van der Waals surface area contributed by atoms with Crippen molar-refractivity contribution < 1.29 is 4.74 Å². The smallest absolute Gasteiger partial charge is 0.0594 e. The van der Waals surface area contributed by atoms with Gasteiger partial charge in [0.1, 0.15) is 0 Å². The Morgan fingerprint density at radius 1 is 1.20 bits per heavy atom. The van der Waals surface area contributed by atoms with Gasteiger partial charge in [-0.15, -0.1) is 23.5 Å². The summed E-state index contributed by atoms with van der Waals surface area (Å²) in [4.78, 5) is 2.45. The molecule has 0 radical (unpaired) electrons. The molecule has 88 valence electrons. The van der Waals surface area contributed by atoms with Crippen LogP contribution in [0, 0.1) is 0 Å². The van der Waals surface area contributed by atoms with E-state index in [9.17, 15) is 0 Å². The molecule has 0 N–H and O–H groups in total. The highest BCUT2D eigenvalue weighted by atomic mass is 32.2. The van der Waals surface area contributed by atoms with E-state index in [0.717, 1.165) is 32.8 Å². The van der Waals surface area contributed by atoms with E-state index >= 15 is 0 Å². The maximum atomic E-state index is 5.33. The minimum atomic E-state index is 0.894. The highest BCUT2D eigenvalue weighted by molar-refractivity contribution is 8.22. The van der Waals surface area contributed by atoms with Crippen molar-refractivity contribution in [2.75, 3.05) is 44.4 Å². The molecule has 1 fully saturated rings. The van der Waals surface area contributed by atoms with Crippen LogP contribution in [0.15, 0.2) is 10.3 Å². The van der Waals surface area contributed by atoms with Gasteiger partial charge in [0.25, 0.3) is 0 Å². The van der Waals surface area contributed by atoms with E-state index in [1.165, 1.54) is 15.7 Å². The zero-order valence-electron chi connectivity index (χ0n) is 9.70. The summed E-state index contributed by atoms with van der Waals surface area (Å²) in [5.74, 6) is 2.34. The fourth-order valence-electron chi connectivity index (χ4n) is 1.43. The molecule has 1 rings (SSSR count). The molecule has 2 nitrogen and oxygen atoms in total. The quantitative estimate of drug-likeness (QED) is 0.715. The first-order valence-electron chi connectivity index (χ1n) is 5.62. The van der Waals surface area contributed by atoms with Gasteiger partial charge in [0.2, 0.25) is 0 Å². The minimum absolute atomic E-state index is 0.894. The Morgan fingerprint density at radius 2 is 1.80 bits per heavy atom. The van der Waals surface area contributed by atoms with Crippen LogP contribution in [0.5, 0.6) is 0 Å². The van der Waals surface area contributed by atoms with Gasteiger partial charge >= 0.3 is 0 Å². The molecule has 0 unspecified atom stereocenters. The number of hydrogen-bond acceptors (Lipinski definition) is 4. The summed E-state index contributed by atoms with van der Waals surface area (Å²) in [7, 11) is 0. The third-order valence-electron chi connectivity index (χ3n) is 2.19. The Hall–Kier alpha value is 0.360. The van der Waals surface area contributed by atoms with Gasteiger partial charge in [-0.3, -0.25) is 4.90 Å². The van der Waals surface area contributed by atoms with Crippen LogP contribution >= 0.6 is 23.5 Å². The summed E-state index contributed by atoms with van der Waals surface area (Å²) >= 11 is 3.91. The molecule has 1 aliphatic rings. The van der Waals surface area contributed by atoms with E-state index in [4.69, 9.17) is 4.74 Å². The molecule has 1 aliphatic heterocycles. The van der Waals surface area contributed by atoms with Gasteiger partial charge in [0.05, 0.1) is 13.2 Å². The minimum Gasteiger partial charge on any atom is -0.379 e. The molecule has 0 amide bonds. The van der Waals surface area contributed by atoms with E-state index < -0.39 is 0 Å². The van der Waals surface area contributed by atoms with Crippen molar-refractivity contribution >= 4 is 23.5 Å². The zero-order valence-corrected chi connectivity index (χ0v) is 11.3. The van der Waals surface area contributed by atoms with E-state index in [0.29, 0.717) is 0 Å². The molecular weight excluding hydrogens is 226 g/mol. The van der Waals surface area contributed by atoms with Crippen molar-refractivity contribution in [3.63, 3.8) is 0 Å². The molecule has 0 aliphatic carbocycles. The van der Waals surface area contributed by atoms with Crippen LogP contribution in [0.4, 0.5) is 0 Å². The molecular formula is C11H21NOS2. The van der Waals surface area contributed by atoms with Gasteiger partial charge in [-0.2, -0.15) is 0 Å². The van der Waals surface area contributed by atoms with Crippen molar-refractivity contribution in [1.29, 1.82) is 0 Å². The molecule has 0 atom stereocenters. The van der Waals surface area contributed by atoms with Crippen molar-refractivity contribution in [1.82, 2.24) is 4.90 Å². The predicted molar refractivity (Wildman–Crippen MR) is 71.6 cm³/mol. The van der Waals surface area contributed by atoms with Gasteiger partial charge in [-0.25, -0.2) is 0 Å². The van der Waals surface area contributed by atoms with Crippen LogP contribution in [0.1, 0.15) is 13.8 Å². The van der Waals surface area contributed by atoms with Crippen molar-refractivity contribution in [3.8, 4) is 0 Å². The molecule has 1 saturated heterocycles. The third-order valence-corrected chi connectivity index (χ3v) is 4.38. The van der Waals surface area contributed by atoms with Crippen LogP contribution in [-0.4, -0.2) is 49.3 Å². The molecule has 0 bridgehead atoms. The topological polar surface area (TPSA) is 12.5 Å². The number of hydrogen-bond donors (Lipinski definition) is 0. The lowest BCUT2D eigenvalue weighted by molar-refractivity contribution is 0.0434. The van der Waals surface area contributed by atoms with Gasteiger partial charge in [-0.1, -0.05) is 19.9 Å². The highest BCUT2D eigenvalue weighted by Crippen LogP contribution is 2.27. The number of morpholine rings is 1. The van der Waals surface area contributed by atoms with Crippen molar-refractivity contribution in [2.45, 2.75) is 13.8 Å². The highest BCUT2D eigenvalue weighted by Gasteiger charge is 2.08. The Kier molecular flexibility index (Phi) is 7.61. The van der Waals surface area contributed by atoms with E-state index in [2.05, 4.69) is 24.8 Å². The average molecular weight is 247 g/mol. The molecule has 0 aromatic rings. The molecule has 0 aromatic heterocycles. The first-order chi connectivity index (χ1) is 7.36. The second kappa shape index (κ2) is 8.50. The molecule has 4 heteroatoms. The number of ether oxygens (including phenoxy) is 1. The summed E-state index contributed by atoms with van der Waals surface area (Å²) in [5, 5.41) is 0. The molecule has 1 heterocycles. The number of rotatable bonds is 6. The summed E-state index contributed by atoms with van der Waals surface area (Å²) in [6.07, 6.45) is 2.37. The summed E-state index contributed by atoms with van der Waals surface area (Å²) in [6.45, 7) is 9.45. The summed E-state index contributed by atoms with van der Waals surface area (Å²) in [5.41, 5.74) is 0. The van der Waals surface area contributed by atoms with Gasteiger partial charge in [0.15, 0.2) is 0 Å². The Bertz CT molecular complexity index is 183. The SMILES string of the molecule is CCSC(=CCN1CCOCC1)SCC. The fraction of sp³-hybridized carbons (Fsp3) is 0.818. The molecule has 0 saturated carbocycles. The Morgan fingerprint density at radius 3 is 2.33 bits per heavy atom. The molecule has 15 heavy (non-hydrogen) atoms. The maximum Gasteiger partial charge on any atom is 0.0594 e. The normalized spacial score (nSPS) is 17.7. The largest absolute Gasteiger partial charge is 0.379 e. The number of nitrogens with zero attached hydrogens (tertiary/aromatic N) is 1. The Labute approximate surface area is 102 Å². The average Bonchev–Trinajstić information content (AvgIpc) is 2.28. The first-order valence-corrected chi connectivity index (χ1v) is 7.59. The van der Waals surface area contributed by atoms with Gasteiger partial charge in [0, 0.05) is 23.9 Å². The van der Waals surface area contributed by atoms with Crippen LogP contribution < -0.4 is 0 Å². The monoisotopic (exact) mass is 247 g/mol. The zero-order chi connectivity index (χ0) is 10.9. The summed E-state index contributed by atoms with van der Waals surface area (Å²) < 4.78 is 6.81. The van der Waals surface area contributed by atoms with Crippen molar-refractivity contribution in [2.24, 2.45) is 0 Å². The van der Waals surface area contributed by atoms with E-state index in [1.807, 2.05) is 23.5 Å². The second-order valence-electron chi connectivity index (χ2n) is 3.30. The second-order valence-corrected chi connectivity index (χ2v) is 6.17. The van der Waals surface area contributed by atoms with Gasteiger partial charge < -0.3 is 4.74 Å². The van der Waals surface area contributed by atoms with Crippen LogP contribution in [0.3, 0.4) is 0 Å². The Balaban J connectivity index is 2.30. The predicted octanol–water partition coefficient (Wildman–Crippen LogP) is 2.67. The third kappa shape index (κ3) is 5.85. The van der Waals surface area contributed by atoms with E-state index in [1.54, 1.807) is 0 Å². The lowest BCUT2D eigenvalue weighted by Crippen LogP contribution is -2.36. The first kappa shape index (κ1) is 13.4. The van der Waals surface area contributed by atoms with Gasteiger partial charge in [-0.05, 0) is 11.5 Å². The maximum absolute atomic E-state index is 5.33. The lowest BCUT2D eigenvalue weighted by atomic mass is 10.4. The molecule has 0 spiro atoms. The summed E-state index contributed by atoms with van der Waals surface area (Å²) in [6, 6.07) is 0. The number of thioether (sulfide) groups is 2. The molecule has 0 aromatic carbocycles.